The molecule has 9 nitrogen and oxygen atoms in total. The number of halogens is 2. The van der Waals surface area contributed by atoms with Gasteiger partial charge in [-0.25, -0.2) is 18.7 Å². The average molecular weight is 438 g/mol. The van der Waals surface area contributed by atoms with E-state index in [-0.39, 0.29) is 25.9 Å². The highest BCUT2D eigenvalue weighted by Gasteiger charge is 2.64. The second kappa shape index (κ2) is 7.12. The molecule has 1 N–H and O–H groups in total. The van der Waals surface area contributed by atoms with E-state index in [9.17, 15) is 18.8 Å². The summed E-state index contributed by atoms with van der Waals surface area (Å²) in [5.74, 6) is -4.21. The molecule has 1 saturated heterocycles. The third kappa shape index (κ3) is 3.47. The number of carbonyl (C=O) groups is 1. The van der Waals surface area contributed by atoms with Crippen LogP contribution in [0.15, 0.2) is 43.1 Å². The highest BCUT2D eigenvalue weighted by Crippen LogP contribution is 2.51. The van der Waals surface area contributed by atoms with Crippen molar-refractivity contribution in [3.8, 4) is 17.3 Å². The molecule has 11 heteroatoms. The number of nitrogens with one attached hydrogen (secondary N) is 1. The Bertz CT molecular complexity index is 1220. The SMILES string of the molecule is Cn1cc(Nc2nccc(-c3ccn(C4(CC#N)CN(C(=O)C5CC5(F)F)C4)c3)n2)cn1. The number of nitrogens with zero attached hydrogens (tertiary/aromatic N) is 7. The minimum Gasteiger partial charge on any atom is -0.343 e. The summed E-state index contributed by atoms with van der Waals surface area (Å²) in [6.07, 6.45) is 8.59. The number of aromatic nitrogens is 5. The van der Waals surface area contributed by atoms with Gasteiger partial charge in [0.05, 0.1) is 35.6 Å². The molecule has 32 heavy (non-hydrogen) atoms. The number of aryl methyl sites for hydroxylation is 1. The van der Waals surface area contributed by atoms with E-state index in [1.807, 2.05) is 30.1 Å². The Morgan fingerprint density at radius 3 is 2.78 bits per heavy atom. The van der Waals surface area contributed by atoms with Crippen molar-refractivity contribution < 1.29 is 13.6 Å². The maximum atomic E-state index is 13.3. The lowest BCUT2D eigenvalue weighted by atomic mass is 9.86. The Hall–Kier alpha value is -3.81. The maximum Gasteiger partial charge on any atom is 0.260 e. The third-order valence-electron chi connectivity index (χ3n) is 5.97. The van der Waals surface area contributed by atoms with Crippen LogP contribution in [0.5, 0.6) is 0 Å². The second-order valence-electron chi connectivity index (χ2n) is 8.37. The summed E-state index contributed by atoms with van der Waals surface area (Å²) in [4.78, 5) is 22.5. The highest BCUT2D eigenvalue weighted by atomic mass is 19.3. The van der Waals surface area contributed by atoms with E-state index in [1.54, 1.807) is 29.3 Å². The summed E-state index contributed by atoms with van der Waals surface area (Å²) in [5, 5.41) is 16.5. The number of hydrogen-bond acceptors (Lipinski definition) is 6. The molecule has 3 aromatic heterocycles. The fourth-order valence-corrected chi connectivity index (χ4v) is 4.07. The molecule has 1 amide bonds. The smallest absolute Gasteiger partial charge is 0.260 e. The number of alkyl halides is 2. The Balaban J connectivity index is 1.33. The van der Waals surface area contributed by atoms with Gasteiger partial charge >= 0.3 is 0 Å². The number of likely N-dealkylation sites (tertiary alicyclic amines) is 1. The van der Waals surface area contributed by atoms with Gasteiger partial charge in [-0.3, -0.25) is 9.48 Å². The second-order valence-corrected chi connectivity index (χ2v) is 8.37. The molecule has 2 fully saturated rings. The van der Waals surface area contributed by atoms with E-state index >= 15 is 0 Å². The summed E-state index contributed by atoms with van der Waals surface area (Å²) in [7, 11) is 1.81. The molecule has 1 unspecified atom stereocenters. The van der Waals surface area contributed by atoms with Gasteiger partial charge in [-0.05, 0) is 12.1 Å². The van der Waals surface area contributed by atoms with Crippen LogP contribution in [0.4, 0.5) is 20.4 Å². The van der Waals surface area contributed by atoms with E-state index in [1.165, 1.54) is 4.90 Å². The number of nitriles is 1. The van der Waals surface area contributed by atoms with Gasteiger partial charge in [0.25, 0.3) is 5.92 Å². The number of carbonyl (C=O) groups excluding carboxylic acids is 1. The van der Waals surface area contributed by atoms with Crippen molar-refractivity contribution in [1.82, 2.24) is 29.2 Å². The maximum absolute atomic E-state index is 13.3. The van der Waals surface area contributed by atoms with Gasteiger partial charge in [-0.2, -0.15) is 10.4 Å². The Labute approximate surface area is 182 Å². The average Bonchev–Trinajstić information content (AvgIpc) is 3.09. The van der Waals surface area contributed by atoms with Gasteiger partial charge in [0.2, 0.25) is 11.9 Å². The molecule has 0 aromatic carbocycles. The van der Waals surface area contributed by atoms with Crippen LogP contribution in [0.2, 0.25) is 0 Å². The minimum absolute atomic E-state index is 0.170. The summed E-state index contributed by atoms with van der Waals surface area (Å²) in [6, 6.07) is 5.81. The molecule has 4 heterocycles. The Morgan fingerprint density at radius 1 is 1.34 bits per heavy atom. The number of rotatable bonds is 6. The quantitative estimate of drug-likeness (QED) is 0.634. The first-order valence-corrected chi connectivity index (χ1v) is 10.1. The van der Waals surface area contributed by atoms with Crippen LogP contribution in [-0.4, -0.2) is 54.1 Å². The predicted octanol–water partition coefficient (Wildman–Crippen LogP) is 2.53. The molecular weight excluding hydrogens is 418 g/mol. The zero-order valence-corrected chi connectivity index (χ0v) is 17.2. The van der Waals surface area contributed by atoms with E-state index in [4.69, 9.17) is 0 Å². The fraction of sp³-hybridized carbons (Fsp3) is 0.381. The van der Waals surface area contributed by atoms with Crippen LogP contribution >= 0.6 is 0 Å². The first-order valence-electron chi connectivity index (χ1n) is 10.1. The first-order chi connectivity index (χ1) is 15.3. The molecule has 1 atom stereocenters. The topological polar surface area (TPSA) is 105 Å². The number of amides is 1. The van der Waals surface area contributed by atoms with E-state index in [2.05, 4.69) is 26.5 Å². The monoisotopic (exact) mass is 438 g/mol. The summed E-state index contributed by atoms with van der Waals surface area (Å²) < 4.78 is 30.1. The van der Waals surface area contributed by atoms with Gasteiger partial charge in [0.15, 0.2) is 0 Å². The van der Waals surface area contributed by atoms with Crippen LogP contribution < -0.4 is 5.32 Å². The van der Waals surface area contributed by atoms with Crippen LogP contribution in [0.3, 0.4) is 0 Å². The molecule has 1 aliphatic heterocycles. The summed E-state index contributed by atoms with van der Waals surface area (Å²) in [5.41, 5.74) is 1.63. The molecule has 0 spiro atoms. The Kier molecular flexibility index (Phi) is 4.47. The van der Waals surface area contributed by atoms with Crippen molar-refractivity contribution in [3.63, 3.8) is 0 Å². The predicted molar refractivity (Wildman–Crippen MR) is 110 cm³/mol. The molecule has 1 aliphatic carbocycles. The van der Waals surface area contributed by atoms with Gasteiger partial charge < -0.3 is 14.8 Å². The first kappa shape index (κ1) is 20.1. The van der Waals surface area contributed by atoms with Gasteiger partial charge in [-0.15, -0.1) is 0 Å². The van der Waals surface area contributed by atoms with Gasteiger partial charge in [-0.1, -0.05) is 0 Å². The highest BCUT2D eigenvalue weighted by molar-refractivity contribution is 5.84. The van der Waals surface area contributed by atoms with E-state index in [0.717, 1.165) is 11.3 Å². The third-order valence-corrected chi connectivity index (χ3v) is 5.97. The van der Waals surface area contributed by atoms with Crippen LogP contribution in [0.25, 0.3) is 11.3 Å². The molecule has 1 saturated carbocycles. The number of hydrogen-bond donors (Lipinski definition) is 1. The van der Waals surface area contributed by atoms with Gasteiger partial charge in [0, 0.05) is 56.9 Å². The van der Waals surface area contributed by atoms with Crippen molar-refractivity contribution in [2.24, 2.45) is 13.0 Å². The van der Waals surface area contributed by atoms with Crippen molar-refractivity contribution in [3.05, 3.63) is 43.1 Å². The molecule has 0 bridgehead atoms. The van der Waals surface area contributed by atoms with E-state index in [0.29, 0.717) is 11.6 Å². The van der Waals surface area contributed by atoms with E-state index < -0.39 is 23.3 Å². The Morgan fingerprint density at radius 2 is 2.12 bits per heavy atom. The largest absolute Gasteiger partial charge is 0.343 e. The minimum atomic E-state index is -2.89. The fourth-order valence-electron chi connectivity index (χ4n) is 4.07. The summed E-state index contributed by atoms with van der Waals surface area (Å²) in [6.45, 7) is 0.468. The lowest BCUT2D eigenvalue weighted by Crippen LogP contribution is -2.64. The molecule has 0 radical (unpaired) electrons. The number of anilines is 2. The normalized spacial score (nSPS) is 20.3. The zero-order valence-electron chi connectivity index (χ0n) is 17.2. The van der Waals surface area contributed by atoms with Crippen molar-refractivity contribution in [2.45, 2.75) is 24.3 Å². The van der Waals surface area contributed by atoms with Crippen LogP contribution in [0.1, 0.15) is 12.8 Å². The van der Waals surface area contributed by atoms with Gasteiger partial charge in [0.1, 0.15) is 5.92 Å². The lowest BCUT2D eigenvalue weighted by Gasteiger charge is -2.50. The molecule has 3 aromatic rings. The molecular formula is C21H20F2N8O. The van der Waals surface area contributed by atoms with Crippen molar-refractivity contribution in [1.29, 1.82) is 5.26 Å². The molecule has 5 rings (SSSR count). The molecule has 164 valence electrons. The standard InChI is InChI=1S/C21H20F2N8O/c1-29-11-15(9-26-29)27-19-25-6-2-17(28-19)14-3-7-31(10-14)20(4-5-24)12-30(13-20)18(32)16-8-21(16,22)23/h2-3,6-7,9-11,16H,4,8,12-13H2,1H3,(H,25,27,28). The van der Waals surface area contributed by atoms with Crippen molar-refractivity contribution >= 4 is 17.5 Å². The van der Waals surface area contributed by atoms with Crippen LogP contribution in [0, 0.1) is 17.2 Å². The lowest BCUT2D eigenvalue weighted by molar-refractivity contribution is -0.145. The van der Waals surface area contributed by atoms with Crippen LogP contribution in [-0.2, 0) is 17.4 Å². The van der Waals surface area contributed by atoms with Crippen molar-refractivity contribution in [2.75, 3.05) is 18.4 Å². The summed E-state index contributed by atoms with van der Waals surface area (Å²) >= 11 is 0. The molecule has 2 aliphatic rings. The zero-order chi connectivity index (χ0) is 22.5.